The number of anilines is 1. The summed E-state index contributed by atoms with van der Waals surface area (Å²) < 4.78 is 28.4. The van der Waals surface area contributed by atoms with Gasteiger partial charge in [0.2, 0.25) is 0 Å². The van der Waals surface area contributed by atoms with E-state index in [1.165, 1.54) is 35.2 Å². The quantitative estimate of drug-likeness (QED) is 0.529. The van der Waals surface area contributed by atoms with Crippen LogP contribution in [0.5, 0.6) is 0 Å². The molecule has 0 radical (unpaired) electrons. The molecule has 0 saturated carbocycles. The minimum Gasteiger partial charge on any atom is -0.397 e. The third kappa shape index (κ3) is 3.04. The first kappa shape index (κ1) is 16.9. The summed E-state index contributed by atoms with van der Waals surface area (Å²) >= 11 is 2.80. The fraction of sp³-hybridized carbons (Fsp3) is 0.118. The number of thioether (sulfide) groups is 1. The van der Waals surface area contributed by atoms with Gasteiger partial charge in [0.05, 0.1) is 10.6 Å². The van der Waals surface area contributed by atoms with Gasteiger partial charge < -0.3 is 10.3 Å². The lowest BCUT2D eigenvalue weighted by Crippen LogP contribution is -1.96. The molecule has 0 spiro atoms. The van der Waals surface area contributed by atoms with E-state index >= 15 is 0 Å². The Morgan fingerprint density at radius 3 is 2.69 bits per heavy atom. The van der Waals surface area contributed by atoms with Gasteiger partial charge in [0, 0.05) is 30.4 Å². The molecule has 1 aromatic carbocycles. The molecule has 0 atom stereocenters. The van der Waals surface area contributed by atoms with E-state index < -0.39 is 11.6 Å². The molecule has 4 rings (SSSR count). The summed E-state index contributed by atoms with van der Waals surface area (Å²) in [6, 6.07) is 7.23. The second kappa shape index (κ2) is 6.65. The van der Waals surface area contributed by atoms with Gasteiger partial charge >= 0.3 is 0 Å². The Balaban J connectivity index is 1.62. The van der Waals surface area contributed by atoms with Crippen LogP contribution in [0.3, 0.4) is 0 Å². The van der Waals surface area contributed by atoms with E-state index in [9.17, 15) is 8.78 Å². The summed E-state index contributed by atoms with van der Waals surface area (Å²) in [7, 11) is 1.83. The van der Waals surface area contributed by atoms with Gasteiger partial charge in [0.1, 0.15) is 16.5 Å². The van der Waals surface area contributed by atoms with Gasteiger partial charge in [-0.2, -0.15) is 0 Å². The zero-order valence-corrected chi connectivity index (χ0v) is 15.2. The Kier molecular flexibility index (Phi) is 4.33. The summed E-state index contributed by atoms with van der Waals surface area (Å²) in [6.07, 6.45) is 1.72. The lowest BCUT2D eigenvalue weighted by molar-refractivity contribution is 0.581. The summed E-state index contributed by atoms with van der Waals surface area (Å²) in [4.78, 5) is 5.97. The van der Waals surface area contributed by atoms with E-state index in [0.29, 0.717) is 28.0 Å². The van der Waals surface area contributed by atoms with Crippen LogP contribution >= 0.6 is 23.1 Å². The lowest BCUT2D eigenvalue weighted by Gasteiger charge is -2.04. The van der Waals surface area contributed by atoms with Gasteiger partial charge in [-0.05, 0) is 29.8 Å². The standard InChI is InChI=1S/C17H13F2N5S2/c1-24-15(14-13(20)12-3-2-4-21-16(12)26-14)22-23-17(24)25-8-9-5-10(18)7-11(19)6-9/h2-7H,8,20H2,1H3. The second-order valence-electron chi connectivity index (χ2n) is 5.63. The van der Waals surface area contributed by atoms with Crippen LogP contribution in [0.25, 0.3) is 20.9 Å². The number of nitrogen functional groups attached to an aromatic ring is 1. The van der Waals surface area contributed by atoms with Crippen molar-refractivity contribution in [1.29, 1.82) is 0 Å². The van der Waals surface area contributed by atoms with Crippen LogP contribution in [0.2, 0.25) is 0 Å². The average molecular weight is 389 g/mol. The minimum atomic E-state index is -0.593. The summed E-state index contributed by atoms with van der Waals surface area (Å²) in [6.45, 7) is 0. The summed E-state index contributed by atoms with van der Waals surface area (Å²) in [5.41, 5.74) is 7.41. The second-order valence-corrected chi connectivity index (χ2v) is 7.57. The molecule has 0 saturated heterocycles. The first-order valence-corrected chi connectivity index (χ1v) is 9.43. The van der Waals surface area contributed by atoms with Crippen LogP contribution in [0, 0.1) is 11.6 Å². The molecular weight excluding hydrogens is 376 g/mol. The van der Waals surface area contributed by atoms with E-state index in [4.69, 9.17) is 5.73 Å². The van der Waals surface area contributed by atoms with Gasteiger partial charge in [-0.1, -0.05) is 11.8 Å². The topological polar surface area (TPSA) is 69.6 Å². The Morgan fingerprint density at radius 1 is 1.19 bits per heavy atom. The molecule has 0 aliphatic heterocycles. The third-order valence-corrected chi connectivity index (χ3v) is 6.05. The van der Waals surface area contributed by atoms with Crippen molar-refractivity contribution in [2.24, 2.45) is 7.05 Å². The number of nitrogens with zero attached hydrogens (tertiary/aromatic N) is 4. The predicted molar refractivity (Wildman–Crippen MR) is 99.9 cm³/mol. The summed E-state index contributed by atoms with van der Waals surface area (Å²) in [5, 5.41) is 9.94. The zero-order valence-electron chi connectivity index (χ0n) is 13.6. The SMILES string of the molecule is Cn1c(SCc2cc(F)cc(F)c2)nnc1-c1sc2ncccc2c1N. The molecule has 0 aliphatic carbocycles. The van der Waals surface area contributed by atoms with Gasteiger partial charge in [-0.25, -0.2) is 13.8 Å². The molecule has 0 amide bonds. The number of rotatable bonds is 4. The van der Waals surface area contributed by atoms with Crippen molar-refractivity contribution in [2.75, 3.05) is 5.73 Å². The van der Waals surface area contributed by atoms with Gasteiger partial charge in [-0.3, -0.25) is 0 Å². The first-order chi connectivity index (χ1) is 12.5. The molecule has 3 aromatic heterocycles. The van der Waals surface area contributed by atoms with Crippen molar-refractivity contribution >= 4 is 39.0 Å². The van der Waals surface area contributed by atoms with Crippen LogP contribution in [0.15, 0.2) is 41.7 Å². The number of halogens is 2. The van der Waals surface area contributed by atoms with Crippen molar-refractivity contribution in [1.82, 2.24) is 19.7 Å². The van der Waals surface area contributed by atoms with E-state index in [1.807, 2.05) is 23.7 Å². The van der Waals surface area contributed by atoms with Crippen LogP contribution in [-0.4, -0.2) is 19.7 Å². The molecule has 0 fully saturated rings. The monoisotopic (exact) mass is 389 g/mol. The third-order valence-electron chi connectivity index (χ3n) is 3.83. The van der Waals surface area contributed by atoms with Gasteiger partial charge in [0.25, 0.3) is 0 Å². The molecule has 9 heteroatoms. The number of fused-ring (bicyclic) bond motifs is 1. The molecule has 4 aromatic rings. The molecule has 5 nitrogen and oxygen atoms in total. The number of nitrogens with two attached hydrogens (primary N) is 1. The van der Waals surface area contributed by atoms with Crippen LogP contribution in [0.1, 0.15) is 5.56 Å². The van der Waals surface area contributed by atoms with E-state index in [1.54, 1.807) is 6.20 Å². The fourth-order valence-electron chi connectivity index (χ4n) is 2.60. The first-order valence-electron chi connectivity index (χ1n) is 7.63. The lowest BCUT2D eigenvalue weighted by atomic mass is 10.2. The fourth-order valence-corrected chi connectivity index (χ4v) is 4.52. The van der Waals surface area contributed by atoms with Crippen LogP contribution in [-0.2, 0) is 12.8 Å². The van der Waals surface area contributed by atoms with Crippen molar-refractivity contribution in [3.63, 3.8) is 0 Å². The Hall–Kier alpha value is -2.52. The highest BCUT2D eigenvalue weighted by molar-refractivity contribution is 7.98. The zero-order chi connectivity index (χ0) is 18.3. The predicted octanol–water partition coefficient (Wildman–Crippen LogP) is 4.24. The van der Waals surface area contributed by atoms with Crippen molar-refractivity contribution < 1.29 is 8.78 Å². The molecule has 2 N–H and O–H groups in total. The maximum atomic E-state index is 13.3. The normalized spacial score (nSPS) is 11.3. The maximum absolute atomic E-state index is 13.3. The molecule has 132 valence electrons. The molecular formula is C17H13F2N5S2. The number of hydrogen-bond donors (Lipinski definition) is 1. The highest BCUT2D eigenvalue weighted by Gasteiger charge is 2.18. The van der Waals surface area contributed by atoms with Crippen molar-refractivity contribution in [3.8, 4) is 10.7 Å². The van der Waals surface area contributed by atoms with Crippen LogP contribution in [0.4, 0.5) is 14.5 Å². The number of aromatic nitrogens is 4. The van der Waals surface area contributed by atoms with Gasteiger partial charge in [-0.15, -0.1) is 21.5 Å². The molecule has 3 heterocycles. The largest absolute Gasteiger partial charge is 0.397 e. The smallest absolute Gasteiger partial charge is 0.191 e. The number of hydrogen-bond acceptors (Lipinski definition) is 6. The molecule has 0 unspecified atom stereocenters. The van der Waals surface area contributed by atoms with Gasteiger partial charge in [0.15, 0.2) is 11.0 Å². The van der Waals surface area contributed by atoms with E-state index in [2.05, 4.69) is 15.2 Å². The Morgan fingerprint density at radius 2 is 1.96 bits per heavy atom. The van der Waals surface area contributed by atoms with Crippen LogP contribution < -0.4 is 5.73 Å². The highest BCUT2D eigenvalue weighted by atomic mass is 32.2. The average Bonchev–Trinajstić information content (AvgIpc) is 3.13. The van der Waals surface area contributed by atoms with Crippen molar-refractivity contribution in [3.05, 3.63) is 53.7 Å². The number of thiophene rings is 1. The molecule has 0 bridgehead atoms. The highest BCUT2D eigenvalue weighted by Crippen LogP contribution is 2.39. The minimum absolute atomic E-state index is 0.379. The number of pyridine rings is 1. The maximum Gasteiger partial charge on any atom is 0.191 e. The van der Waals surface area contributed by atoms with E-state index in [0.717, 1.165) is 21.2 Å². The van der Waals surface area contributed by atoms with Crippen molar-refractivity contribution in [2.45, 2.75) is 10.9 Å². The Labute approximate surface area is 155 Å². The van der Waals surface area contributed by atoms with E-state index in [-0.39, 0.29) is 0 Å². The molecule has 0 aliphatic rings. The summed E-state index contributed by atoms with van der Waals surface area (Å²) in [5.74, 6) is -0.169. The number of benzene rings is 1. The molecule has 26 heavy (non-hydrogen) atoms. The Bertz CT molecular complexity index is 1090.